The van der Waals surface area contributed by atoms with Crippen LogP contribution in [0.15, 0.2) is 77.4 Å². The summed E-state index contributed by atoms with van der Waals surface area (Å²) < 4.78 is 11.6. The lowest BCUT2D eigenvalue weighted by Crippen LogP contribution is -2.30. The number of benzene rings is 2. The molecule has 1 aliphatic heterocycles. The number of nitrogens with two attached hydrogens (primary N) is 1. The normalized spacial score (nSPS) is 21.3. The molecule has 2 aliphatic rings. The highest BCUT2D eigenvalue weighted by Gasteiger charge is 2.41. The number of ketones is 1. The largest absolute Gasteiger partial charge is 0.494 e. The van der Waals surface area contributed by atoms with Crippen molar-refractivity contribution in [3.05, 3.63) is 88.5 Å². The summed E-state index contributed by atoms with van der Waals surface area (Å²) in [5.74, 6) is 0.702. The first-order valence-corrected chi connectivity index (χ1v) is 9.74. The Morgan fingerprint density at radius 2 is 1.86 bits per heavy atom. The Morgan fingerprint density at radius 1 is 1.14 bits per heavy atom. The van der Waals surface area contributed by atoms with Gasteiger partial charge in [-0.05, 0) is 24.5 Å². The number of Topliss-reactive ketones (excluding diaryl/α,β-unsaturated/α-hetero) is 1. The summed E-state index contributed by atoms with van der Waals surface area (Å²) in [6.07, 6.45) is 0.940. The molecule has 0 spiro atoms. The summed E-state index contributed by atoms with van der Waals surface area (Å²) in [6.45, 7) is 2.38. The van der Waals surface area contributed by atoms with E-state index in [1.165, 1.54) is 0 Å². The van der Waals surface area contributed by atoms with Gasteiger partial charge in [0.05, 0.1) is 12.5 Å². The maximum Gasteiger partial charge on any atom is 0.205 e. The molecular weight excluding hydrogens is 364 g/mol. The Balaban J connectivity index is 1.82. The predicted molar refractivity (Wildman–Crippen MR) is 109 cm³/mol. The van der Waals surface area contributed by atoms with Gasteiger partial charge < -0.3 is 15.2 Å². The molecule has 2 aromatic carbocycles. The van der Waals surface area contributed by atoms with Gasteiger partial charge in [-0.1, -0.05) is 48.5 Å². The summed E-state index contributed by atoms with van der Waals surface area (Å²) >= 11 is 0. The van der Waals surface area contributed by atoms with Crippen LogP contribution in [0.3, 0.4) is 0 Å². The number of nitriles is 1. The lowest BCUT2D eigenvalue weighted by molar-refractivity contribution is -0.117. The molecule has 0 bridgehead atoms. The number of ether oxygens (including phenoxy) is 2. The minimum atomic E-state index is -0.573. The van der Waals surface area contributed by atoms with Gasteiger partial charge in [-0.2, -0.15) is 5.26 Å². The lowest BCUT2D eigenvalue weighted by atomic mass is 9.73. The van der Waals surface area contributed by atoms with Gasteiger partial charge in [-0.15, -0.1) is 0 Å². The first-order valence-electron chi connectivity index (χ1n) is 9.74. The Hall–Kier alpha value is -3.52. The van der Waals surface area contributed by atoms with Crippen LogP contribution in [0, 0.1) is 11.3 Å². The van der Waals surface area contributed by atoms with Crippen molar-refractivity contribution in [1.29, 1.82) is 5.26 Å². The Labute approximate surface area is 170 Å². The second-order valence-electron chi connectivity index (χ2n) is 7.17. The Morgan fingerprint density at radius 3 is 2.59 bits per heavy atom. The number of rotatable bonds is 4. The highest BCUT2D eigenvalue weighted by atomic mass is 16.5. The molecule has 5 heteroatoms. The molecule has 29 heavy (non-hydrogen) atoms. The van der Waals surface area contributed by atoms with E-state index >= 15 is 0 Å². The molecule has 0 unspecified atom stereocenters. The third-order valence-corrected chi connectivity index (χ3v) is 5.46. The number of nitrogens with zero attached hydrogens (tertiary/aromatic N) is 1. The van der Waals surface area contributed by atoms with Crippen molar-refractivity contribution in [3.63, 3.8) is 0 Å². The number of hydrogen-bond acceptors (Lipinski definition) is 5. The molecule has 0 aromatic heterocycles. The van der Waals surface area contributed by atoms with Crippen LogP contribution in [-0.2, 0) is 9.53 Å². The van der Waals surface area contributed by atoms with Gasteiger partial charge in [0, 0.05) is 24.0 Å². The van der Waals surface area contributed by atoms with Gasteiger partial charge in [0.1, 0.15) is 23.2 Å². The Kier molecular flexibility index (Phi) is 5.09. The van der Waals surface area contributed by atoms with Gasteiger partial charge in [0.2, 0.25) is 5.88 Å². The minimum absolute atomic E-state index is 0.0170. The van der Waals surface area contributed by atoms with E-state index in [2.05, 4.69) is 6.07 Å². The van der Waals surface area contributed by atoms with Crippen LogP contribution >= 0.6 is 0 Å². The Bertz CT molecular complexity index is 1050. The zero-order chi connectivity index (χ0) is 20.4. The van der Waals surface area contributed by atoms with E-state index in [1.807, 2.05) is 61.5 Å². The number of allylic oxidation sites excluding steroid dienone is 3. The molecule has 5 nitrogen and oxygen atoms in total. The van der Waals surface area contributed by atoms with Gasteiger partial charge in [-0.3, -0.25) is 4.79 Å². The molecule has 2 N–H and O–H groups in total. The molecule has 0 saturated heterocycles. The molecule has 1 aliphatic carbocycles. The van der Waals surface area contributed by atoms with Crippen molar-refractivity contribution in [3.8, 4) is 11.8 Å². The summed E-state index contributed by atoms with van der Waals surface area (Å²) in [4.78, 5) is 13.3. The van der Waals surface area contributed by atoms with Crippen LogP contribution in [0.4, 0.5) is 0 Å². The first-order chi connectivity index (χ1) is 14.1. The standard InChI is InChI=1S/C24H22N2O3/c1-2-28-20-11-7-6-10-17(20)22-18(14-25)24(26)29-21-13-16(12-19(27)23(21)22)15-8-4-3-5-9-15/h3-11,16,22H,2,12-13,26H2,1H3/t16-,22+/m0/s1. The van der Waals surface area contributed by atoms with Gasteiger partial charge >= 0.3 is 0 Å². The van der Waals surface area contributed by atoms with E-state index in [-0.39, 0.29) is 23.2 Å². The number of hydrogen-bond donors (Lipinski definition) is 1. The summed E-state index contributed by atoms with van der Waals surface area (Å²) in [5.41, 5.74) is 8.76. The van der Waals surface area contributed by atoms with Crippen LogP contribution in [-0.4, -0.2) is 12.4 Å². The van der Waals surface area contributed by atoms with Crippen molar-refractivity contribution in [2.24, 2.45) is 5.73 Å². The van der Waals surface area contributed by atoms with E-state index in [0.29, 0.717) is 36.5 Å². The predicted octanol–water partition coefficient (Wildman–Crippen LogP) is 4.29. The topological polar surface area (TPSA) is 85.3 Å². The van der Waals surface area contributed by atoms with E-state index < -0.39 is 5.92 Å². The molecule has 1 heterocycles. The van der Waals surface area contributed by atoms with E-state index in [0.717, 1.165) is 11.1 Å². The summed E-state index contributed by atoms with van der Waals surface area (Å²) in [6, 6.07) is 19.6. The molecular formula is C24H22N2O3. The summed E-state index contributed by atoms with van der Waals surface area (Å²) in [7, 11) is 0. The molecule has 0 saturated carbocycles. The average Bonchev–Trinajstić information content (AvgIpc) is 2.74. The molecule has 0 amide bonds. The summed E-state index contributed by atoms with van der Waals surface area (Å²) in [5, 5.41) is 9.78. The van der Waals surface area contributed by atoms with Crippen molar-refractivity contribution in [2.75, 3.05) is 6.61 Å². The van der Waals surface area contributed by atoms with E-state index in [1.54, 1.807) is 0 Å². The molecule has 146 valence electrons. The third kappa shape index (κ3) is 3.38. The highest BCUT2D eigenvalue weighted by Crippen LogP contribution is 2.48. The zero-order valence-corrected chi connectivity index (χ0v) is 16.2. The molecule has 0 fully saturated rings. The smallest absolute Gasteiger partial charge is 0.205 e. The lowest BCUT2D eigenvalue weighted by Gasteiger charge is -2.34. The average molecular weight is 386 g/mol. The zero-order valence-electron chi connectivity index (χ0n) is 16.2. The fourth-order valence-corrected chi connectivity index (χ4v) is 4.19. The fourth-order valence-electron chi connectivity index (χ4n) is 4.19. The fraction of sp³-hybridized carbons (Fsp3) is 0.250. The maximum atomic E-state index is 13.3. The third-order valence-electron chi connectivity index (χ3n) is 5.46. The number of carbonyl (C=O) groups excluding carboxylic acids is 1. The van der Waals surface area contributed by atoms with Crippen LogP contribution < -0.4 is 10.5 Å². The van der Waals surface area contributed by atoms with Crippen molar-refractivity contribution >= 4 is 5.78 Å². The first kappa shape index (κ1) is 18.8. The minimum Gasteiger partial charge on any atom is -0.494 e. The highest BCUT2D eigenvalue weighted by molar-refractivity contribution is 6.00. The maximum absolute atomic E-state index is 13.3. The van der Waals surface area contributed by atoms with Crippen molar-refractivity contribution < 1.29 is 14.3 Å². The van der Waals surface area contributed by atoms with Crippen molar-refractivity contribution in [1.82, 2.24) is 0 Å². The van der Waals surface area contributed by atoms with Crippen LogP contribution in [0.2, 0.25) is 0 Å². The van der Waals surface area contributed by atoms with Crippen LogP contribution in [0.1, 0.15) is 42.7 Å². The van der Waals surface area contributed by atoms with Gasteiger partial charge in [-0.25, -0.2) is 0 Å². The van der Waals surface area contributed by atoms with Crippen molar-refractivity contribution in [2.45, 2.75) is 31.6 Å². The number of carbonyl (C=O) groups is 1. The van der Waals surface area contributed by atoms with Gasteiger partial charge in [0.25, 0.3) is 0 Å². The van der Waals surface area contributed by atoms with Crippen LogP contribution in [0.25, 0.3) is 0 Å². The molecule has 4 rings (SSSR count). The second kappa shape index (κ2) is 7.84. The monoisotopic (exact) mass is 386 g/mol. The SMILES string of the molecule is CCOc1ccccc1[C@@H]1C(C#N)=C(N)OC2=C1C(=O)C[C@H](c1ccccc1)C2. The van der Waals surface area contributed by atoms with Gasteiger partial charge in [0.15, 0.2) is 5.78 Å². The second-order valence-corrected chi connectivity index (χ2v) is 7.17. The quantitative estimate of drug-likeness (QED) is 0.847. The van der Waals surface area contributed by atoms with E-state index in [4.69, 9.17) is 15.2 Å². The molecule has 2 atom stereocenters. The molecule has 2 aromatic rings. The van der Waals surface area contributed by atoms with E-state index in [9.17, 15) is 10.1 Å². The molecule has 0 radical (unpaired) electrons. The van der Waals surface area contributed by atoms with Crippen LogP contribution in [0.5, 0.6) is 5.75 Å². The number of para-hydroxylation sites is 1.